The summed E-state index contributed by atoms with van der Waals surface area (Å²) >= 11 is 1.43. The van der Waals surface area contributed by atoms with Crippen LogP contribution < -0.4 is 5.32 Å². The van der Waals surface area contributed by atoms with Crippen molar-refractivity contribution < 1.29 is 0 Å². The maximum Gasteiger partial charge on any atom is 0.0893 e. The Kier molecular flexibility index (Phi) is 4.09. The van der Waals surface area contributed by atoms with Crippen LogP contribution in [0.1, 0.15) is 44.7 Å². The van der Waals surface area contributed by atoms with Gasteiger partial charge in [0.25, 0.3) is 0 Å². The molecule has 4 heteroatoms. The molecule has 0 unspecified atom stereocenters. The summed E-state index contributed by atoms with van der Waals surface area (Å²) in [4.78, 5) is 0. The molecule has 1 heterocycles. The monoisotopic (exact) mass is 225 g/mol. The first kappa shape index (κ1) is 11.0. The van der Waals surface area contributed by atoms with Gasteiger partial charge in [0.2, 0.25) is 0 Å². The summed E-state index contributed by atoms with van der Waals surface area (Å²) in [5, 5.41) is 9.63. The zero-order chi connectivity index (χ0) is 10.5. The van der Waals surface area contributed by atoms with Crippen LogP contribution in [-0.2, 0) is 6.54 Å². The van der Waals surface area contributed by atoms with Gasteiger partial charge in [-0.05, 0) is 43.1 Å². The van der Waals surface area contributed by atoms with E-state index >= 15 is 0 Å². The van der Waals surface area contributed by atoms with Gasteiger partial charge in [-0.25, -0.2) is 0 Å². The number of nitrogens with one attached hydrogen (secondary N) is 1. The van der Waals surface area contributed by atoms with E-state index in [9.17, 15) is 0 Å². The van der Waals surface area contributed by atoms with Crippen molar-refractivity contribution in [2.45, 2.75) is 51.6 Å². The molecule has 0 radical (unpaired) electrons. The fourth-order valence-electron chi connectivity index (χ4n) is 2.28. The molecular formula is C11H19N3S. The van der Waals surface area contributed by atoms with E-state index in [1.165, 1.54) is 43.6 Å². The van der Waals surface area contributed by atoms with Gasteiger partial charge in [0.15, 0.2) is 0 Å². The Bertz CT molecular complexity index is 265. The molecule has 1 aromatic heterocycles. The van der Waals surface area contributed by atoms with Gasteiger partial charge in [0, 0.05) is 18.0 Å². The molecule has 3 nitrogen and oxygen atoms in total. The first-order valence-electron chi connectivity index (χ1n) is 5.87. The summed E-state index contributed by atoms with van der Waals surface area (Å²) in [7, 11) is 0. The van der Waals surface area contributed by atoms with Crippen LogP contribution in [0.2, 0.25) is 0 Å². The lowest BCUT2D eigenvalue weighted by Crippen LogP contribution is -2.32. The molecule has 1 N–H and O–H groups in total. The van der Waals surface area contributed by atoms with Gasteiger partial charge in [-0.2, -0.15) is 0 Å². The summed E-state index contributed by atoms with van der Waals surface area (Å²) in [6, 6.07) is 0.703. The van der Waals surface area contributed by atoms with Gasteiger partial charge in [-0.15, -0.1) is 5.10 Å². The van der Waals surface area contributed by atoms with Crippen molar-refractivity contribution in [3.05, 3.63) is 11.1 Å². The van der Waals surface area contributed by atoms with Gasteiger partial charge in [-0.1, -0.05) is 17.8 Å². The number of hydrogen-bond acceptors (Lipinski definition) is 4. The summed E-state index contributed by atoms with van der Waals surface area (Å²) in [5.74, 6) is 0.976. The van der Waals surface area contributed by atoms with Crippen LogP contribution in [0.4, 0.5) is 0 Å². The second kappa shape index (κ2) is 5.56. The minimum atomic E-state index is 0.703. The van der Waals surface area contributed by atoms with Crippen LogP contribution in [-0.4, -0.2) is 15.6 Å². The van der Waals surface area contributed by atoms with Crippen molar-refractivity contribution >= 4 is 11.5 Å². The largest absolute Gasteiger partial charge is 0.308 e. The van der Waals surface area contributed by atoms with Gasteiger partial charge >= 0.3 is 0 Å². The lowest BCUT2D eigenvalue weighted by molar-refractivity contribution is 0.284. The van der Waals surface area contributed by atoms with E-state index < -0.39 is 0 Å². The molecule has 0 atom stereocenters. The number of aromatic nitrogens is 2. The summed E-state index contributed by atoms with van der Waals surface area (Å²) in [5.41, 5.74) is 1.08. The molecule has 1 aromatic rings. The SMILES string of the molecule is CCC1CCC(NCc2csnn2)CC1. The smallest absolute Gasteiger partial charge is 0.0893 e. The van der Waals surface area contributed by atoms with Crippen LogP contribution in [0, 0.1) is 5.92 Å². The third-order valence-electron chi connectivity index (χ3n) is 3.40. The Morgan fingerprint density at radius 3 is 2.80 bits per heavy atom. The van der Waals surface area contributed by atoms with E-state index in [0.29, 0.717) is 6.04 Å². The Balaban J connectivity index is 1.69. The molecular weight excluding hydrogens is 206 g/mol. The van der Waals surface area contributed by atoms with Gasteiger partial charge < -0.3 is 5.32 Å². The molecule has 15 heavy (non-hydrogen) atoms. The zero-order valence-corrected chi connectivity index (χ0v) is 10.1. The topological polar surface area (TPSA) is 37.8 Å². The Hall–Kier alpha value is -0.480. The summed E-state index contributed by atoms with van der Waals surface area (Å²) in [6.07, 6.45) is 6.79. The summed E-state index contributed by atoms with van der Waals surface area (Å²) in [6.45, 7) is 3.19. The first-order valence-corrected chi connectivity index (χ1v) is 6.71. The maximum atomic E-state index is 4.04. The highest BCUT2D eigenvalue weighted by Gasteiger charge is 2.19. The third-order valence-corrected chi connectivity index (χ3v) is 3.95. The standard InChI is InChI=1S/C11H19N3S/c1-2-9-3-5-10(6-4-9)12-7-11-8-15-14-13-11/h8-10,12H,2-7H2,1H3. The zero-order valence-electron chi connectivity index (χ0n) is 9.28. The average Bonchev–Trinajstić information content (AvgIpc) is 2.80. The van der Waals surface area contributed by atoms with Crippen molar-refractivity contribution in [2.75, 3.05) is 0 Å². The average molecular weight is 225 g/mol. The molecule has 0 bridgehead atoms. The summed E-state index contributed by atoms with van der Waals surface area (Å²) < 4.78 is 3.86. The maximum absolute atomic E-state index is 4.04. The van der Waals surface area contributed by atoms with Crippen LogP contribution in [0.25, 0.3) is 0 Å². The van der Waals surface area contributed by atoms with E-state index in [1.807, 2.05) is 5.38 Å². The fraction of sp³-hybridized carbons (Fsp3) is 0.818. The van der Waals surface area contributed by atoms with Crippen molar-refractivity contribution in [3.63, 3.8) is 0 Å². The number of rotatable bonds is 4. The van der Waals surface area contributed by atoms with Crippen LogP contribution >= 0.6 is 11.5 Å². The van der Waals surface area contributed by atoms with Crippen molar-refractivity contribution in [3.8, 4) is 0 Å². The van der Waals surface area contributed by atoms with Crippen molar-refractivity contribution in [1.82, 2.24) is 14.9 Å². The molecule has 0 aromatic carbocycles. The van der Waals surface area contributed by atoms with Crippen LogP contribution in [0.15, 0.2) is 5.38 Å². The second-order valence-electron chi connectivity index (χ2n) is 4.40. The lowest BCUT2D eigenvalue weighted by Gasteiger charge is -2.28. The van der Waals surface area contributed by atoms with E-state index in [1.54, 1.807) is 0 Å². The van der Waals surface area contributed by atoms with Gasteiger partial charge in [-0.3, -0.25) is 0 Å². The number of hydrogen-bond donors (Lipinski definition) is 1. The second-order valence-corrected chi connectivity index (χ2v) is 5.01. The Morgan fingerprint density at radius 2 is 2.20 bits per heavy atom. The molecule has 1 aliphatic carbocycles. The molecule has 1 saturated carbocycles. The highest BCUT2D eigenvalue weighted by molar-refractivity contribution is 7.03. The van der Waals surface area contributed by atoms with E-state index in [-0.39, 0.29) is 0 Å². The van der Waals surface area contributed by atoms with E-state index in [4.69, 9.17) is 0 Å². The Morgan fingerprint density at radius 1 is 1.40 bits per heavy atom. The van der Waals surface area contributed by atoms with Crippen molar-refractivity contribution in [2.24, 2.45) is 5.92 Å². The molecule has 84 valence electrons. The minimum Gasteiger partial charge on any atom is -0.308 e. The normalized spacial score (nSPS) is 26.7. The molecule has 0 spiro atoms. The van der Waals surface area contributed by atoms with E-state index in [0.717, 1.165) is 18.2 Å². The van der Waals surface area contributed by atoms with Crippen molar-refractivity contribution in [1.29, 1.82) is 0 Å². The minimum absolute atomic E-state index is 0.703. The quantitative estimate of drug-likeness (QED) is 0.856. The van der Waals surface area contributed by atoms with E-state index in [2.05, 4.69) is 21.8 Å². The third kappa shape index (κ3) is 3.24. The molecule has 0 amide bonds. The predicted molar refractivity (Wildman–Crippen MR) is 62.8 cm³/mol. The van der Waals surface area contributed by atoms with Gasteiger partial charge in [0.1, 0.15) is 0 Å². The lowest BCUT2D eigenvalue weighted by atomic mass is 9.84. The number of nitrogens with zero attached hydrogens (tertiary/aromatic N) is 2. The first-order chi connectivity index (χ1) is 7.38. The highest BCUT2D eigenvalue weighted by Crippen LogP contribution is 2.26. The molecule has 2 rings (SSSR count). The highest BCUT2D eigenvalue weighted by atomic mass is 32.1. The fourth-order valence-corrected chi connectivity index (χ4v) is 2.74. The molecule has 0 aliphatic heterocycles. The predicted octanol–water partition coefficient (Wildman–Crippen LogP) is 2.60. The molecule has 1 fully saturated rings. The van der Waals surface area contributed by atoms with Gasteiger partial charge in [0.05, 0.1) is 5.69 Å². The molecule has 1 aliphatic rings. The van der Waals surface area contributed by atoms with Crippen LogP contribution in [0.5, 0.6) is 0 Å². The Labute approximate surface area is 95.4 Å². The molecule has 0 saturated heterocycles. The van der Waals surface area contributed by atoms with Crippen LogP contribution in [0.3, 0.4) is 0 Å².